The Bertz CT molecular complexity index is 1320. The standard InChI is InChI=1S/C27H28Cl2N4O2/c1-15-24(20-4-3-5-21(28)23(20)29)32-22(14-34)26(31-15)33-10-8-27(9-11-33)13-18-12-17(16(2)35)6-7-19(18)25(27)30/h3-7,12,25,34H,8-11,13-14,30H2,1-2H3/t25-/m1/s1. The Labute approximate surface area is 215 Å². The number of aryl methyl sites for hydroxylation is 1. The van der Waals surface area contributed by atoms with Gasteiger partial charge in [-0.2, -0.15) is 0 Å². The fourth-order valence-electron chi connectivity index (χ4n) is 5.60. The molecule has 2 aromatic carbocycles. The van der Waals surface area contributed by atoms with Gasteiger partial charge in [-0.3, -0.25) is 4.79 Å². The van der Waals surface area contributed by atoms with Crippen LogP contribution in [0.1, 0.15) is 58.7 Å². The number of nitrogens with two attached hydrogens (primary N) is 1. The van der Waals surface area contributed by atoms with E-state index in [9.17, 15) is 9.90 Å². The lowest BCUT2D eigenvalue weighted by Crippen LogP contribution is -2.45. The number of rotatable bonds is 4. The number of nitrogens with zero attached hydrogens (tertiary/aromatic N) is 3. The van der Waals surface area contributed by atoms with Gasteiger partial charge in [-0.05, 0) is 61.8 Å². The molecule has 3 aromatic rings. The molecule has 8 heteroatoms. The van der Waals surface area contributed by atoms with E-state index >= 15 is 0 Å². The summed E-state index contributed by atoms with van der Waals surface area (Å²) < 4.78 is 0. The first kappa shape index (κ1) is 24.2. The van der Waals surface area contributed by atoms with Crippen molar-refractivity contribution in [3.63, 3.8) is 0 Å². The van der Waals surface area contributed by atoms with Crippen molar-refractivity contribution in [2.24, 2.45) is 11.1 Å². The van der Waals surface area contributed by atoms with Crippen molar-refractivity contribution >= 4 is 34.8 Å². The van der Waals surface area contributed by atoms with Crippen LogP contribution in [-0.2, 0) is 13.0 Å². The minimum absolute atomic E-state index is 0.0374. The molecule has 6 nitrogen and oxygen atoms in total. The Morgan fingerprint density at radius 2 is 1.94 bits per heavy atom. The molecular formula is C27H28Cl2N4O2. The monoisotopic (exact) mass is 510 g/mol. The van der Waals surface area contributed by atoms with Crippen LogP contribution in [0, 0.1) is 12.3 Å². The zero-order valence-corrected chi connectivity index (χ0v) is 21.3. The van der Waals surface area contributed by atoms with Crippen molar-refractivity contribution in [2.75, 3.05) is 18.0 Å². The molecule has 0 unspecified atom stereocenters. The molecule has 1 saturated heterocycles. The zero-order chi connectivity index (χ0) is 24.9. The van der Waals surface area contributed by atoms with Gasteiger partial charge < -0.3 is 15.7 Å². The first-order valence-electron chi connectivity index (χ1n) is 11.8. The summed E-state index contributed by atoms with van der Waals surface area (Å²) in [4.78, 5) is 23.6. The number of carbonyl (C=O) groups is 1. The van der Waals surface area contributed by atoms with Crippen LogP contribution in [0.3, 0.4) is 0 Å². The number of carbonyl (C=O) groups excluding carboxylic acids is 1. The van der Waals surface area contributed by atoms with E-state index in [1.54, 1.807) is 13.0 Å². The molecule has 1 atom stereocenters. The van der Waals surface area contributed by atoms with Gasteiger partial charge in [0.05, 0.1) is 28.0 Å². The van der Waals surface area contributed by atoms with E-state index in [0.717, 1.165) is 49.2 Å². The summed E-state index contributed by atoms with van der Waals surface area (Å²) in [5, 5.41) is 11.0. The van der Waals surface area contributed by atoms with Crippen molar-refractivity contribution in [1.82, 2.24) is 9.97 Å². The van der Waals surface area contributed by atoms with Crippen LogP contribution in [0.5, 0.6) is 0 Å². The molecule has 35 heavy (non-hydrogen) atoms. The molecule has 0 amide bonds. The number of hydrogen-bond donors (Lipinski definition) is 2. The third kappa shape index (κ3) is 4.12. The number of Topliss-reactive ketones (excluding diaryl/α,β-unsaturated/α-hetero) is 1. The number of aromatic nitrogens is 2. The number of fused-ring (bicyclic) bond motifs is 1. The molecule has 1 aliphatic carbocycles. The van der Waals surface area contributed by atoms with E-state index in [1.807, 2.05) is 37.3 Å². The minimum Gasteiger partial charge on any atom is -0.390 e. The molecule has 3 N–H and O–H groups in total. The number of ketones is 1. The summed E-state index contributed by atoms with van der Waals surface area (Å²) in [7, 11) is 0. The van der Waals surface area contributed by atoms with Crippen molar-refractivity contribution in [3.05, 3.63) is 74.5 Å². The minimum atomic E-state index is -0.228. The Balaban J connectivity index is 1.40. The second-order valence-electron chi connectivity index (χ2n) is 9.66. The summed E-state index contributed by atoms with van der Waals surface area (Å²) in [6, 6.07) is 11.3. The van der Waals surface area contributed by atoms with Gasteiger partial charge >= 0.3 is 0 Å². The molecule has 2 heterocycles. The Kier molecular flexibility index (Phi) is 6.34. The highest BCUT2D eigenvalue weighted by atomic mass is 35.5. The summed E-state index contributed by atoms with van der Waals surface area (Å²) in [6.45, 7) is 4.79. The molecule has 0 saturated carbocycles. The van der Waals surface area contributed by atoms with Gasteiger partial charge in [0.2, 0.25) is 0 Å². The Hall–Kier alpha value is -2.51. The zero-order valence-electron chi connectivity index (χ0n) is 19.8. The molecule has 1 aliphatic heterocycles. The van der Waals surface area contributed by atoms with Gasteiger partial charge in [-0.25, -0.2) is 9.97 Å². The average Bonchev–Trinajstić information content (AvgIpc) is 3.11. The van der Waals surface area contributed by atoms with E-state index in [1.165, 1.54) is 5.56 Å². The van der Waals surface area contributed by atoms with Crippen LogP contribution in [0.2, 0.25) is 10.0 Å². The van der Waals surface area contributed by atoms with Crippen LogP contribution in [0.25, 0.3) is 11.3 Å². The first-order chi connectivity index (χ1) is 16.7. The van der Waals surface area contributed by atoms with E-state index < -0.39 is 0 Å². The number of hydrogen-bond acceptors (Lipinski definition) is 6. The van der Waals surface area contributed by atoms with E-state index in [-0.39, 0.29) is 23.8 Å². The number of benzene rings is 2. The van der Waals surface area contributed by atoms with E-state index in [4.69, 9.17) is 38.9 Å². The average molecular weight is 511 g/mol. The van der Waals surface area contributed by atoms with Crippen molar-refractivity contribution < 1.29 is 9.90 Å². The predicted molar refractivity (Wildman–Crippen MR) is 139 cm³/mol. The number of piperidine rings is 1. The molecule has 0 radical (unpaired) electrons. The number of aliphatic hydroxyl groups excluding tert-OH is 1. The number of anilines is 1. The molecule has 1 spiro atoms. The van der Waals surface area contributed by atoms with Crippen LogP contribution in [0.15, 0.2) is 36.4 Å². The van der Waals surface area contributed by atoms with Gasteiger partial charge in [-0.15, -0.1) is 0 Å². The lowest BCUT2D eigenvalue weighted by atomic mass is 9.73. The summed E-state index contributed by atoms with van der Waals surface area (Å²) >= 11 is 12.6. The lowest BCUT2D eigenvalue weighted by Gasteiger charge is -2.43. The highest BCUT2D eigenvalue weighted by Gasteiger charge is 2.46. The second-order valence-corrected chi connectivity index (χ2v) is 10.4. The summed E-state index contributed by atoms with van der Waals surface area (Å²) in [5.74, 6) is 0.773. The topological polar surface area (TPSA) is 92.3 Å². The molecule has 182 valence electrons. The van der Waals surface area contributed by atoms with Crippen LogP contribution in [0.4, 0.5) is 5.82 Å². The fourth-order valence-corrected chi connectivity index (χ4v) is 5.99. The van der Waals surface area contributed by atoms with E-state index in [0.29, 0.717) is 32.8 Å². The summed E-state index contributed by atoms with van der Waals surface area (Å²) in [6.07, 6.45) is 2.67. The smallest absolute Gasteiger partial charge is 0.159 e. The second kappa shape index (κ2) is 9.17. The predicted octanol–water partition coefficient (Wildman–Crippen LogP) is 5.30. The van der Waals surface area contributed by atoms with Crippen LogP contribution < -0.4 is 10.6 Å². The molecule has 0 bridgehead atoms. The Morgan fingerprint density at radius 1 is 1.20 bits per heavy atom. The highest BCUT2D eigenvalue weighted by Crippen LogP contribution is 2.51. The maximum Gasteiger partial charge on any atom is 0.159 e. The first-order valence-corrected chi connectivity index (χ1v) is 12.6. The molecular weight excluding hydrogens is 483 g/mol. The number of halogens is 2. The van der Waals surface area contributed by atoms with Gasteiger partial charge in [0.25, 0.3) is 0 Å². The van der Waals surface area contributed by atoms with Gasteiger partial charge in [0.15, 0.2) is 11.6 Å². The maximum absolute atomic E-state index is 11.8. The molecule has 2 aliphatic rings. The Morgan fingerprint density at radius 3 is 2.63 bits per heavy atom. The largest absolute Gasteiger partial charge is 0.390 e. The van der Waals surface area contributed by atoms with Gasteiger partial charge in [-0.1, -0.05) is 47.5 Å². The van der Waals surface area contributed by atoms with Crippen LogP contribution >= 0.6 is 23.2 Å². The molecule has 5 rings (SSSR count). The van der Waals surface area contributed by atoms with Crippen LogP contribution in [-0.4, -0.2) is 33.9 Å². The quantitative estimate of drug-likeness (QED) is 0.462. The van der Waals surface area contributed by atoms with Gasteiger partial charge in [0, 0.05) is 30.3 Å². The van der Waals surface area contributed by atoms with Gasteiger partial charge in [0.1, 0.15) is 5.69 Å². The lowest BCUT2D eigenvalue weighted by molar-refractivity contribution is 0.101. The van der Waals surface area contributed by atoms with Crippen molar-refractivity contribution in [2.45, 2.75) is 45.8 Å². The highest BCUT2D eigenvalue weighted by molar-refractivity contribution is 6.43. The number of aliphatic hydroxyl groups is 1. The molecule has 1 fully saturated rings. The SMILES string of the molecule is CC(=O)c1ccc2c(c1)CC1(CCN(c3nc(C)c(-c4cccc(Cl)c4Cl)nc3CO)CC1)[C@@H]2N. The fraction of sp³-hybridized carbons (Fsp3) is 0.370. The van der Waals surface area contributed by atoms with E-state index in [2.05, 4.69) is 4.90 Å². The van der Waals surface area contributed by atoms with Crippen molar-refractivity contribution in [1.29, 1.82) is 0 Å². The normalized spacial score (nSPS) is 18.7. The third-order valence-electron chi connectivity index (χ3n) is 7.62. The summed E-state index contributed by atoms with van der Waals surface area (Å²) in [5.41, 5.74) is 12.4. The van der Waals surface area contributed by atoms with Crippen molar-refractivity contribution in [3.8, 4) is 11.3 Å². The molecule has 1 aromatic heterocycles. The maximum atomic E-state index is 11.8. The third-order valence-corrected chi connectivity index (χ3v) is 8.44.